The predicted molar refractivity (Wildman–Crippen MR) is 159 cm³/mol. The Kier molecular flexibility index (Phi) is 9.65. The summed E-state index contributed by atoms with van der Waals surface area (Å²) in [6.45, 7) is 7.59. The fraction of sp³-hybridized carbons (Fsp3) is 0.500. The van der Waals surface area contributed by atoms with Crippen molar-refractivity contribution in [1.29, 1.82) is 0 Å². The Labute approximate surface area is 246 Å². The summed E-state index contributed by atoms with van der Waals surface area (Å²) in [5.41, 5.74) is 2.26. The van der Waals surface area contributed by atoms with Crippen LogP contribution in [0.25, 0.3) is 0 Å². The normalized spacial score (nSPS) is 17.9. The largest absolute Gasteiger partial charge is 0.493 e. The molecule has 12 heteroatoms. The lowest BCUT2D eigenvalue weighted by molar-refractivity contribution is 0.0428. The molecule has 12 nitrogen and oxygen atoms in total. The van der Waals surface area contributed by atoms with E-state index in [0.29, 0.717) is 93.9 Å². The second kappa shape index (κ2) is 13.8. The first-order valence-electron chi connectivity index (χ1n) is 14.5. The first-order chi connectivity index (χ1) is 20.5. The lowest BCUT2D eigenvalue weighted by Crippen LogP contribution is -2.54. The Morgan fingerprint density at radius 3 is 2.21 bits per heavy atom. The van der Waals surface area contributed by atoms with Crippen LogP contribution in [0.4, 0.5) is 16.2 Å². The van der Waals surface area contributed by atoms with E-state index in [0.717, 1.165) is 25.2 Å². The van der Waals surface area contributed by atoms with Crippen LogP contribution < -0.4 is 25.0 Å². The molecule has 3 saturated heterocycles. The van der Waals surface area contributed by atoms with Gasteiger partial charge in [-0.25, -0.2) is 4.79 Å². The van der Waals surface area contributed by atoms with Gasteiger partial charge in [-0.3, -0.25) is 9.59 Å². The lowest BCUT2D eigenvalue weighted by Gasteiger charge is -2.39. The zero-order valence-electron chi connectivity index (χ0n) is 24.4. The fourth-order valence-electron chi connectivity index (χ4n) is 5.54. The summed E-state index contributed by atoms with van der Waals surface area (Å²) in [7, 11) is 3.07. The van der Waals surface area contributed by atoms with Gasteiger partial charge in [0, 0.05) is 70.0 Å². The topological polar surface area (TPSA) is 116 Å². The second-order valence-corrected chi connectivity index (χ2v) is 10.5. The Hall–Kier alpha value is -4.03. The SMILES string of the molecule is COc1ccc(C(=O)Nc2cc(C(=O)N3CCCNCC3)ccc2N2CCN(C(=O)N3CCOCC3)CC2)cc1OC. The molecule has 42 heavy (non-hydrogen) atoms. The number of nitrogens with zero attached hydrogens (tertiary/aromatic N) is 4. The molecule has 3 aliphatic rings. The number of carbonyl (C=O) groups excluding carboxylic acids is 3. The molecule has 3 heterocycles. The molecule has 0 saturated carbocycles. The van der Waals surface area contributed by atoms with E-state index >= 15 is 0 Å². The van der Waals surface area contributed by atoms with Crippen LogP contribution >= 0.6 is 0 Å². The van der Waals surface area contributed by atoms with E-state index in [2.05, 4.69) is 15.5 Å². The zero-order chi connectivity index (χ0) is 29.5. The molecule has 226 valence electrons. The second-order valence-electron chi connectivity index (χ2n) is 10.5. The molecule has 0 aliphatic carbocycles. The van der Waals surface area contributed by atoms with Gasteiger partial charge in [-0.2, -0.15) is 0 Å². The number of rotatable bonds is 6. The molecule has 3 fully saturated rings. The smallest absolute Gasteiger partial charge is 0.320 e. The van der Waals surface area contributed by atoms with E-state index in [1.807, 2.05) is 26.8 Å². The van der Waals surface area contributed by atoms with Crippen LogP contribution in [-0.4, -0.2) is 125 Å². The number of methoxy groups -OCH3 is 2. The number of amides is 4. The van der Waals surface area contributed by atoms with Gasteiger partial charge in [-0.05, 0) is 49.4 Å². The van der Waals surface area contributed by atoms with E-state index < -0.39 is 0 Å². The highest BCUT2D eigenvalue weighted by Gasteiger charge is 2.28. The number of nitrogens with one attached hydrogen (secondary N) is 2. The molecule has 0 radical (unpaired) electrons. The summed E-state index contributed by atoms with van der Waals surface area (Å²) < 4.78 is 16.1. The first kappa shape index (κ1) is 29.5. The van der Waals surface area contributed by atoms with Crippen LogP contribution in [-0.2, 0) is 4.74 Å². The fourth-order valence-corrected chi connectivity index (χ4v) is 5.54. The molecule has 2 aromatic carbocycles. The summed E-state index contributed by atoms with van der Waals surface area (Å²) >= 11 is 0. The first-order valence-corrected chi connectivity index (χ1v) is 14.5. The summed E-state index contributed by atoms with van der Waals surface area (Å²) in [6.07, 6.45) is 0.889. The molecule has 5 rings (SSSR count). The molecule has 0 bridgehead atoms. The van der Waals surface area contributed by atoms with Crippen LogP contribution in [0.15, 0.2) is 36.4 Å². The van der Waals surface area contributed by atoms with Crippen molar-refractivity contribution in [3.63, 3.8) is 0 Å². The predicted octanol–water partition coefficient (Wildman–Crippen LogP) is 1.97. The van der Waals surface area contributed by atoms with Crippen molar-refractivity contribution in [2.24, 2.45) is 0 Å². The number of piperazine rings is 1. The van der Waals surface area contributed by atoms with Gasteiger partial charge in [0.05, 0.1) is 38.8 Å². The van der Waals surface area contributed by atoms with Gasteiger partial charge in [-0.15, -0.1) is 0 Å². The van der Waals surface area contributed by atoms with Crippen molar-refractivity contribution in [3.05, 3.63) is 47.5 Å². The van der Waals surface area contributed by atoms with E-state index in [1.54, 1.807) is 31.4 Å². The van der Waals surface area contributed by atoms with E-state index in [4.69, 9.17) is 14.2 Å². The maximum Gasteiger partial charge on any atom is 0.320 e. The van der Waals surface area contributed by atoms with Gasteiger partial charge in [0.25, 0.3) is 11.8 Å². The van der Waals surface area contributed by atoms with Gasteiger partial charge < -0.3 is 44.4 Å². The maximum atomic E-state index is 13.5. The van der Waals surface area contributed by atoms with Gasteiger partial charge in [0.15, 0.2) is 11.5 Å². The Morgan fingerprint density at radius 1 is 0.762 bits per heavy atom. The van der Waals surface area contributed by atoms with Crippen LogP contribution in [0.1, 0.15) is 27.1 Å². The number of benzene rings is 2. The average molecular weight is 581 g/mol. The maximum absolute atomic E-state index is 13.5. The van der Waals surface area contributed by atoms with Gasteiger partial charge >= 0.3 is 6.03 Å². The average Bonchev–Trinajstić information content (AvgIpc) is 3.34. The number of morpholine rings is 1. The third-order valence-corrected chi connectivity index (χ3v) is 7.94. The Bertz CT molecular complexity index is 1270. The quantitative estimate of drug-likeness (QED) is 0.533. The van der Waals surface area contributed by atoms with Crippen LogP contribution in [0.2, 0.25) is 0 Å². The third-order valence-electron chi connectivity index (χ3n) is 7.94. The molecule has 0 spiro atoms. The summed E-state index contributed by atoms with van der Waals surface area (Å²) in [6, 6.07) is 10.5. The Morgan fingerprint density at radius 2 is 1.48 bits per heavy atom. The minimum Gasteiger partial charge on any atom is -0.493 e. The minimum absolute atomic E-state index is 0.0350. The third kappa shape index (κ3) is 6.71. The Balaban J connectivity index is 1.37. The summed E-state index contributed by atoms with van der Waals surface area (Å²) in [5.74, 6) is 0.582. The number of urea groups is 1. The summed E-state index contributed by atoms with van der Waals surface area (Å²) in [5, 5.41) is 6.37. The van der Waals surface area contributed by atoms with E-state index in [9.17, 15) is 14.4 Å². The summed E-state index contributed by atoms with van der Waals surface area (Å²) in [4.78, 5) is 47.6. The molecular weight excluding hydrogens is 540 g/mol. The molecule has 2 aromatic rings. The van der Waals surface area contributed by atoms with Crippen molar-refractivity contribution in [2.75, 3.05) is 103 Å². The molecule has 0 aromatic heterocycles. The molecule has 2 N–H and O–H groups in total. The molecule has 0 unspecified atom stereocenters. The minimum atomic E-state index is -0.332. The number of hydrogen-bond donors (Lipinski definition) is 2. The van der Waals surface area contributed by atoms with Crippen LogP contribution in [0, 0.1) is 0 Å². The van der Waals surface area contributed by atoms with Crippen molar-refractivity contribution in [3.8, 4) is 11.5 Å². The van der Waals surface area contributed by atoms with Crippen molar-refractivity contribution in [2.45, 2.75) is 6.42 Å². The monoisotopic (exact) mass is 580 g/mol. The van der Waals surface area contributed by atoms with Gasteiger partial charge in [-0.1, -0.05) is 0 Å². The highest BCUT2D eigenvalue weighted by atomic mass is 16.5. The molecular formula is C30H40N6O6. The standard InChI is InChI=1S/C30H40N6O6/c1-40-26-7-5-22(21-27(26)41-2)28(37)32-24-20-23(29(38)34-10-3-8-31-9-11-34)4-6-25(24)33-12-14-35(15-13-33)30(39)36-16-18-42-19-17-36/h4-7,20-21,31H,3,8-19H2,1-2H3,(H,32,37). The van der Waals surface area contributed by atoms with Crippen LogP contribution in [0.5, 0.6) is 11.5 Å². The lowest BCUT2D eigenvalue weighted by atomic mass is 10.1. The number of anilines is 2. The number of ether oxygens (including phenoxy) is 3. The van der Waals surface area contributed by atoms with Gasteiger partial charge in [0.2, 0.25) is 0 Å². The van der Waals surface area contributed by atoms with Crippen molar-refractivity contribution in [1.82, 2.24) is 20.0 Å². The highest BCUT2D eigenvalue weighted by Crippen LogP contribution is 2.31. The highest BCUT2D eigenvalue weighted by molar-refractivity contribution is 6.07. The van der Waals surface area contributed by atoms with E-state index in [1.165, 1.54) is 7.11 Å². The molecule has 0 atom stereocenters. The van der Waals surface area contributed by atoms with Gasteiger partial charge in [0.1, 0.15) is 0 Å². The van der Waals surface area contributed by atoms with Crippen molar-refractivity contribution < 1.29 is 28.6 Å². The zero-order valence-corrected chi connectivity index (χ0v) is 24.4. The number of carbonyl (C=O) groups is 3. The van der Waals surface area contributed by atoms with E-state index in [-0.39, 0.29) is 17.8 Å². The van der Waals surface area contributed by atoms with Crippen LogP contribution in [0.3, 0.4) is 0 Å². The molecule has 3 aliphatic heterocycles. The van der Waals surface area contributed by atoms with Crippen molar-refractivity contribution >= 4 is 29.2 Å². The molecule has 4 amide bonds. The number of hydrogen-bond acceptors (Lipinski definition) is 8.